The van der Waals surface area contributed by atoms with E-state index in [1.165, 1.54) is 6.33 Å². The molecule has 0 spiro atoms. The third kappa shape index (κ3) is 3.75. The summed E-state index contributed by atoms with van der Waals surface area (Å²) in [6.45, 7) is 3.51. The maximum atomic E-state index is 12.8. The second-order valence-corrected chi connectivity index (χ2v) is 7.96. The van der Waals surface area contributed by atoms with Gasteiger partial charge >= 0.3 is 6.03 Å². The number of urea groups is 1. The highest BCUT2D eigenvalue weighted by Gasteiger charge is 2.27. The number of fused-ring (bicyclic) bond motifs is 1. The number of rotatable bonds is 5. The lowest BCUT2D eigenvalue weighted by atomic mass is 10.0. The normalized spacial score (nSPS) is 17.0. The largest absolute Gasteiger partial charge is 0.487 e. The number of benzene rings is 2. The number of ether oxygens (including phenoxy) is 1. The summed E-state index contributed by atoms with van der Waals surface area (Å²) in [5.41, 5.74) is 5.17. The molecular formula is C24H23N5O3. The van der Waals surface area contributed by atoms with Crippen molar-refractivity contribution in [1.29, 1.82) is 0 Å². The topological polar surface area (TPSA) is 96.4 Å². The molecule has 0 unspecified atom stereocenters. The monoisotopic (exact) mass is 429 g/mol. The lowest BCUT2D eigenvalue weighted by Gasteiger charge is -2.18. The maximum Gasteiger partial charge on any atom is 0.322 e. The summed E-state index contributed by atoms with van der Waals surface area (Å²) in [5, 5.41) is 5.77. The average Bonchev–Trinajstić information content (AvgIpc) is 3.44. The van der Waals surface area contributed by atoms with E-state index < -0.39 is 0 Å². The number of hydrogen-bond acceptors (Lipinski definition) is 5. The van der Waals surface area contributed by atoms with Crippen LogP contribution in [-0.4, -0.2) is 47.6 Å². The van der Waals surface area contributed by atoms with E-state index in [2.05, 4.69) is 20.6 Å². The molecule has 2 aliphatic heterocycles. The third-order valence-electron chi connectivity index (χ3n) is 5.81. The lowest BCUT2D eigenvalue weighted by molar-refractivity contribution is 0.0933. The molecule has 2 aromatic carbocycles. The minimum Gasteiger partial charge on any atom is -0.487 e. The Balaban J connectivity index is 1.27. The van der Waals surface area contributed by atoms with Gasteiger partial charge in [0.25, 0.3) is 5.91 Å². The van der Waals surface area contributed by atoms with Gasteiger partial charge in [-0.25, -0.2) is 14.8 Å². The van der Waals surface area contributed by atoms with Gasteiger partial charge in [-0.2, -0.15) is 0 Å². The molecule has 0 radical (unpaired) electrons. The Morgan fingerprint density at radius 2 is 2.09 bits per heavy atom. The van der Waals surface area contributed by atoms with Crippen LogP contribution in [0.2, 0.25) is 0 Å². The van der Waals surface area contributed by atoms with Crippen LogP contribution in [0, 0.1) is 6.92 Å². The van der Waals surface area contributed by atoms with Gasteiger partial charge in [0.05, 0.1) is 6.54 Å². The molecule has 2 N–H and O–H groups in total. The predicted octanol–water partition coefficient (Wildman–Crippen LogP) is 2.72. The Hall–Kier alpha value is -3.94. The summed E-state index contributed by atoms with van der Waals surface area (Å²) in [5.74, 6) is 0.626. The fourth-order valence-electron chi connectivity index (χ4n) is 4.17. The van der Waals surface area contributed by atoms with Crippen LogP contribution in [0.3, 0.4) is 0 Å². The Morgan fingerprint density at radius 3 is 2.88 bits per heavy atom. The number of aryl methyl sites for hydroxylation is 1. The number of para-hydroxylation sites is 1. The molecule has 3 heterocycles. The van der Waals surface area contributed by atoms with Crippen molar-refractivity contribution < 1.29 is 14.3 Å². The molecule has 1 aromatic heterocycles. The van der Waals surface area contributed by atoms with E-state index in [0.717, 1.165) is 33.7 Å². The molecule has 32 heavy (non-hydrogen) atoms. The summed E-state index contributed by atoms with van der Waals surface area (Å²) in [6.07, 6.45) is 5.57. The number of hydrogen-bond donors (Lipinski definition) is 2. The molecule has 2 aliphatic rings. The van der Waals surface area contributed by atoms with Gasteiger partial charge in [0.15, 0.2) is 0 Å². The number of amides is 3. The molecule has 3 aromatic rings. The van der Waals surface area contributed by atoms with E-state index in [9.17, 15) is 9.59 Å². The second kappa shape index (κ2) is 8.30. The molecule has 3 amide bonds. The van der Waals surface area contributed by atoms with Crippen molar-refractivity contribution in [3.05, 3.63) is 71.8 Å². The van der Waals surface area contributed by atoms with Crippen molar-refractivity contribution >= 4 is 17.6 Å². The highest BCUT2D eigenvalue weighted by molar-refractivity contribution is 5.99. The van der Waals surface area contributed by atoms with Crippen LogP contribution < -0.4 is 20.3 Å². The van der Waals surface area contributed by atoms with E-state index in [4.69, 9.17) is 4.74 Å². The first-order chi connectivity index (χ1) is 15.6. The van der Waals surface area contributed by atoms with Gasteiger partial charge in [0.1, 0.15) is 18.2 Å². The molecule has 1 fully saturated rings. The Labute approximate surface area is 185 Å². The second-order valence-electron chi connectivity index (χ2n) is 7.96. The Kier molecular flexibility index (Phi) is 5.18. The standard InChI is InChI=1S/C24H23N5O3/c1-15-5-6-17(10-21(15)29-8-7-27-24(29)31)23(30)28-13-19-9-16-3-2-4-20(22(16)32-19)18-11-25-14-26-12-18/h2-6,10-12,14,19H,7-9,13H2,1H3,(H,27,31)(H,28,30)/t19-/m1/s1. The van der Waals surface area contributed by atoms with Crippen molar-refractivity contribution in [1.82, 2.24) is 20.6 Å². The molecular weight excluding hydrogens is 406 g/mol. The van der Waals surface area contributed by atoms with Crippen molar-refractivity contribution in [2.45, 2.75) is 19.4 Å². The molecule has 0 bridgehead atoms. The number of nitrogens with one attached hydrogen (secondary N) is 2. The van der Waals surface area contributed by atoms with Crippen molar-refractivity contribution in [3.8, 4) is 16.9 Å². The molecule has 8 nitrogen and oxygen atoms in total. The van der Waals surface area contributed by atoms with Crippen LogP contribution in [0.15, 0.2) is 55.1 Å². The summed E-state index contributed by atoms with van der Waals surface area (Å²) < 4.78 is 6.19. The van der Waals surface area contributed by atoms with E-state index in [-0.39, 0.29) is 18.0 Å². The molecule has 1 atom stereocenters. The summed E-state index contributed by atoms with van der Waals surface area (Å²) in [4.78, 5) is 34.7. The first-order valence-electron chi connectivity index (χ1n) is 10.6. The van der Waals surface area contributed by atoms with Gasteiger partial charge < -0.3 is 15.4 Å². The minimum absolute atomic E-state index is 0.137. The van der Waals surface area contributed by atoms with E-state index >= 15 is 0 Å². The first kappa shape index (κ1) is 20.0. The molecule has 0 saturated carbocycles. The Morgan fingerprint density at radius 1 is 1.25 bits per heavy atom. The quantitative estimate of drug-likeness (QED) is 0.650. The summed E-state index contributed by atoms with van der Waals surface area (Å²) >= 11 is 0. The zero-order valence-corrected chi connectivity index (χ0v) is 17.7. The van der Waals surface area contributed by atoms with Crippen LogP contribution in [-0.2, 0) is 6.42 Å². The number of aromatic nitrogens is 2. The van der Waals surface area contributed by atoms with Gasteiger partial charge in [0, 0.05) is 54.3 Å². The smallest absolute Gasteiger partial charge is 0.322 e. The van der Waals surface area contributed by atoms with Crippen LogP contribution in [0.25, 0.3) is 11.1 Å². The van der Waals surface area contributed by atoms with Crippen LogP contribution in [0.1, 0.15) is 21.5 Å². The number of carbonyl (C=O) groups excluding carboxylic acids is 2. The van der Waals surface area contributed by atoms with Gasteiger partial charge in [-0.05, 0) is 30.2 Å². The van der Waals surface area contributed by atoms with Gasteiger partial charge in [-0.3, -0.25) is 9.69 Å². The Bertz CT molecular complexity index is 1180. The van der Waals surface area contributed by atoms with Crippen molar-refractivity contribution in [2.24, 2.45) is 0 Å². The third-order valence-corrected chi connectivity index (χ3v) is 5.81. The zero-order valence-electron chi connectivity index (χ0n) is 17.7. The molecule has 8 heteroatoms. The molecule has 1 saturated heterocycles. The van der Waals surface area contributed by atoms with E-state index in [1.54, 1.807) is 29.4 Å². The van der Waals surface area contributed by atoms with Crippen LogP contribution in [0.5, 0.6) is 5.75 Å². The van der Waals surface area contributed by atoms with Crippen LogP contribution >= 0.6 is 0 Å². The lowest BCUT2D eigenvalue weighted by Crippen LogP contribution is -2.34. The number of nitrogens with zero attached hydrogens (tertiary/aromatic N) is 3. The highest BCUT2D eigenvalue weighted by Crippen LogP contribution is 2.38. The van der Waals surface area contributed by atoms with Gasteiger partial charge in [0.2, 0.25) is 0 Å². The summed E-state index contributed by atoms with van der Waals surface area (Å²) in [7, 11) is 0. The number of anilines is 1. The first-order valence-corrected chi connectivity index (χ1v) is 10.6. The van der Waals surface area contributed by atoms with Crippen molar-refractivity contribution in [2.75, 3.05) is 24.5 Å². The zero-order chi connectivity index (χ0) is 22.1. The van der Waals surface area contributed by atoms with E-state index in [0.29, 0.717) is 31.6 Å². The molecule has 5 rings (SSSR count). The van der Waals surface area contributed by atoms with Gasteiger partial charge in [-0.1, -0.05) is 24.3 Å². The highest BCUT2D eigenvalue weighted by atomic mass is 16.5. The van der Waals surface area contributed by atoms with Crippen molar-refractivity contribution in [3.63, 3.8) is 0 Å². The maximum absolute atomic E-state index is 12.8. The fourth-order valence-corrected chi connectivity index (χ4v) is 4.17. The average molecular weight is 429 g/mol. The van der Waals surface area contributed by atoms with Gasteiger partial charge in [-0.15, -0.1) is 0 Å². The predicted molar refractivity (Wildman–Crippen MR) is 120 cm³/mol. The SMILES string of the molecule is Cc1ccc(C(=O)NC[C@H]2Cc3cccc(-c4cncnc4)c3O2)cc1N1CCNC1=O. The molecule has 0 aliphatic carbocycles. The minimum atomic E-state index is -0.193. The van der Waals surface area contributed by atoms with E-state index in [1.807, 2.05) is 31.2 Å². The summed E-state index contributed by atoms with van der Waals surface area (Å²) in [6, 6.07) is 11.3. The fraction of sp³-hybridized carbons (Fsp3) is 0.250. The van der Waals surface area contributed by atoms with Crippen LogP contribution in [0.4, 0.5) is 10.5 Å². The number of carbonyl (C=O) groups is 2. The molecule has 162 valence electrons.